The van der Waals surface area contributed by atoms with Gasteiger partial charge in [-0.1, -0.05) is 158 Å². The van der Waals surface area contributed by atoms with Gasteiger partial charge in [-0.15, -0.1) is 0 Å². The number of rotatable bonds is 6. The van der Waals surface area contributed by atoms with Gasteiger partial charge in [-0.3, -0.25) is 0 Å². The van der Waals surface area contributed by atoms with Gasteiger partial charge in [-0.25, -0.2) is 15.0 Å². The fourth-order valence-corrected chi connectivity index (χ4v) is 7.86. The zero-order valence-electron chi connectivity index (χ0n) is 29.0. The van der Waals surface area contributed by atoms with Crippen molar-refractivity contribution >= 4 is 33.3 Å². The van der Waals surface area contributed by atoms with Crippen LogP contribution in [0.4, 0.5) is 0 Å². The molecule has 0 N–H and O–H groups in total. The van der Waals surface area contributed by atoms with Gasteiger partial charge >= 0.3 is 0 Å². The van der Waals surface area contributed by atoms with Gasteiger partial charge in [0.25, 0.3) is 0 Å². The molecule has 9 aromatic rings. The summed E-state index contributed by atoms with van der Waals surface area (Å²) < 4.78 is 2.47. The summed E-state index contributed by atoms with van der Waals surface area (Å²) in [5.41, 5.74) is 10.2. The highest BCUT2D eigenvalue weighted by Crippen LogP contribution is 2.32. The zero-order chi connectivity index (χ0) is 35.1. The minimum absolute atomic E-state index is 0.659. The molecule has 4 heteroatoms. The van der Waals surface area contributed by atoms with Crippen molar-refractivity contribution in [2.24, 2.45) is 0 Å². The third-order valence-corrected chi connectivity index (χ3v) is 10.3. The number of hydrogen-bond acceptors (Lipinski definition) is 3. The SMILES string of the molecule is C1=c2c(c3c(-c4ccccc4)cccc3n2-c2ccc3ccccc3c2)=C(c2cccc(-c3nc(-c4ccccc4)nc(-c4ccccc4)n3)c2)CC1. The predicted molar refractivity (Wildman–Crippen MR) is 218 cm³/mol. The Hall–Kier alpha value is -6.91. The molecule has 0 aliphatic heterocycles. The normalized spacial score (nSPS) is 12.5. The highest BCUT2D eigenvalue weighted by Gasteiger charge is 2.21. The van der Waals surface area contributed by atoms with Gasteiger partial charge < -0.3 is 4.57 Å². The number of hydrogen-bond donors (Lipinski definition) is 0. The first kappa shape index (κ1) is 30.9. The monoisotopic (exact) mass is 678 g/mol. The number of fused-ring (bicyclic) bond motifs is 4. The Balaban J connectivity index is 1.23. The molecule has 0 atom stereocenters. The maximum Gasteiger partial charge on any atom is 0.164 e. The molecule has 250 valence electrons. The molecule has 0 unspecified atom stereocenters. The van der Waals surface area contributed by atoms with E-state index in [0.29, 0.717) is 17.5 Å². The molecule has 0 spiro atoms. The lowest BCUT2D eigenvalue weighted by Crippen LogP contribution is -2.33. The average molecular weight is 679 g/mol. The lowest BCUT2D eigenvalue weighted by Gasteiger charge is -2.14. The van der Waals surface area contributed by atoms with E-state index in [-0.39, 0.29) is 0 Å². The Morgan fingerprint density at radius 1 is 0.434 bits per heavy atom. The Labute approximate surface area is 307 Å². The summed E-state index contributed by atoms with van der Waals surface area (Å²) in [5.74, 6) is 1.98. The average Bonchev–Trinajstić information content (AvgIpc) is 3.59. The molecule has 0 saturated carbocycles. The van der Waals surface area contributed by atoms with E-state index in [4.69, 9.17) is 15.0 Å². The second-order valence-electron chi connectivity index (χ2n) is 13.5. The number of aromatic nitrogens is 4. The highest BCUT2D eigenvalue weighted by molar-refractivity contribution is 6.00. The molecule has 1 aliphatic carbocycles. The van der Waals surface area contributed by atoms with Gasteiger partial charge in [0.05, 0.1) is 10.9 Å². The first-order chi connectivity index (χ1) is 26.3. The molecule has 0 bridgehead atoms. The van der Waals surface area contributed by atoms with Crippen molar-refractivity contribution in [2.75, 3.05) is 0 Å². The van der Waals surface area contributed by atoms with Crippen LogP contribution in [0.1, 0.15) is 18.4 Å². The Morgan fingerprint density at radius 3 is 1.70 bits per heavy atom. The van der Waals surface area contributed by atoms with Crippen molar-refractivity contribution in [2.45, 2.75) is 12.8 Å². The minimum Gasteiger partial charge on any atom is -0.310 e. The van der Waals surface area contributed by atoms with Crippen LogP contribution in [-0.4, -0.2) is 19.5 Å². The topological polar surface area (TPSA) is 43.6 Å². The van der Waals surface area contributed by atoms with Crippen molar-refractivity contribution in [3.63, 3.8) is 0 Å². The summed E-state index contributed by atoms with van der Waals surface area (Å²) in [6.45, 7) is 0. The Morgan fingerprint density at radius 2 is 1.00 bits per heavy atom. The molecule has 0 amide bonds. The van der Waals surface area contributed by atoms with Gasteiger partial charge in [-0.05, 0) is 70.1 Å². The van der Waals surface area contributed by atoms with E-state index < -0.39 is 0 Å². The third-order valence-electron chi connectivity index (χ3n) is 10.3. The lowest BCUT2D eigenvalue weighted by molar-refractivity contribution is 1.01. The van der Waals surface area contributed by atoms with Crippen LogP contribution in [0.25, 0.3) is 84.3 Å². The Kier molecular flexibility index (Phi) is 7.58. The van der Waals surface area contributed by atoms with Crippen LogP contribution >= 0.6 is 0 Å². The maximum absolute atomic E-state index is 5.06. The van der Waals surface area contributed by atoms with Gasteiger partial charge in [-0.2, -0.15) is 0 Å². The van der Waals surface area contributed by atoms with E-state index in [1.807, 2.05) is 36.4 Å². The van der Waals surface area contributed by atoms with E-state index in [0.717, 1.165) is 29.5 Å². The quantitative estimate of drug-likeness (QED) is 0.176. The minimum atomic E-state index is 0.659. The molecule has 10 rings (SSSR count). The molecule has 1 aliphatic rings. The molecule has 2 heterocycles. The molecule has 0 saturated heterocycles. The van der Waals surface area contributed by atoms with Crippen molar-refractivity contribution < 1.29 is 0 Å². The summed E-state index contributed by atoms with van der Waals surface area (Å²) >= 11 is 0. The molecule has 4 nitrogen and oxygen atoms in total. The van der Waals surface area contributed by atoms with E-state index in [2.05, 4.69) is 150 Å². The van der Waals surface area contributed by atoms with E-state index >= 15 is 0 Å². The number of benzene rings is 7. The van der Waals surface area contributed by atoms with Gasteiger partial charge in [0.15, 0.2) is 17.5 Å². The summed E-state index contributed by atoms with van der Waals surface area (Å²) in [4.78, 5) is 15.1. The Bertz CT molecular complexity index is 2870. The van der Waals surface area contributed by atoms with Crippen LogP contribution < -0.4 is 10.6 Å². The summed E-state index contributed by atoms with van der Waals surface area (Å²) in [7, 11) is 0. The van der Waals surface area contributed by atoms with Crippen molar-refractivity contribution in [3.8, 4) is 51.0 Å². The second kappa shape index (κ2) is 13.0. The molecular weight excluding hydrogens is 645 g/mol. The van der Waals surface area contributed by atoms with E-state index in [9.17, 15) is 0 Å². The largest absolute Gasteiger partial charge is 0.310 e. The van der Waals surface area contributed by atoms with Crippen LogP contribution in [0.5, 0.6) is 0 Å². The standard InChI is InChI=1S/C49H34N4/c1-4-16-34(17-5-1)41-25-13-27-43-45(41)46-42(26-14-28-44(46)53(43)40-30-29-33-15-10-11-22-37(33)32-40)38-23-12-24-39(31-38)49-51-47(35-18-6-2-7-19-35)50-48(52-49)36-20-8-3-9-21-36/h1-13,15-25,27-32H,14,26H2. The lowest BCUT2D eigenvalue weighted by atomic mass is 9.91. The van der Waals surface area contributed by atoms with Crippen molar-refractivity contribution in [1.82, 2.24) is 19.5 Å². The van der Waals surface area contributed by atoms with Crippen LogP contribution in [0.2, 0.25) is 0 Å². The van der Waals surface area contributed by atoms with E-state index in [1.165, 1.54) is 60.2 Å². The predicted octanol–water partition coefficient (Wildman–Crippen LogP) is 10.4. The van der Waals surface area contributed by atoms with E-state index in [1.54, 1.807) is 0 Å². The fourth-order valence-electron chi connectivity index (χ4n) is 7.86. The third kappa shape index (κ3) is 5.53. The molecule has 0 radical (unpaired) electrons. The summed E-state index contributed by atoms with van der Waals surface area (Å²) in [6, 6.07) is 62.0. The first-order valence-corrected chi connectivity index (χ1v) is 18.2. The highest BCUT2D eigenvalue weighted by atomic mass is 15.0. The molecule has 2 aromatic heterocycles. The first-order valence-electron chi connectivity index (χ1n) is 18.2. The zero-order valence-corrected chi connectivity index (χ0v) is 29.0. The van der Waals surface area contributed by atoms with Crippen LogP contribution in [0.3, 0.4) is 0 Å². The van der Waals surface area contributed by atoms with Gasteiger partial charge in [0, 0.05) is 33.0 Å². The molecule has 0 fully saturated rings. The maximum atomic E-state index is 5.06. The summed E-state index contributed by atoms with van der Waals surface area (Å²) in [5, 5.41) is 6.28. The second-order valence-corrected chi connectivity index (χ2v) is 13.5. The van der Waals surface area contributed by atoms with Gasteiger partial charge in [0.2, 0.25) is 0 Å². The molecule has 7 aromatic carbocycles. The number of nitrogens with zero attached hydrogens (tertiary/aromatic N) is 4. The smallest absolute Gasteiger partial charge is 0.164 e. The van der Waals surface area contributed by atoms with Crippen LogP contribution in [0.15, 0.2) is 176 Å². The van der Waals surface area contributed by atoms with Gasteiger partial charge in [0.1, 0.15) is 0 Å². The fraction of sp³-hybridized carbons (Fsp3) is 0.0408. The molecular formula is C49H34N4. The summed E-state index contributed by atoms with van der Waals surface area (Å²) in [6.07, 6.45) is 4.30. The molecule has 53 heavy (non-hydrogen) atoms. The van der Waals surface area contributed by atoms with Crippen LogP contribution in [0, 0.1) is 0 Å². The van der Waals surface area contributed by atoms with Crippen molar-refractivity contribution in [1.29, 1.82) is 0 Å². The van der Waals surface area contributed by atoms with Crippen LogP contribution in [-0.2, 0) is 0 Å². The van der Waals surface area contributed by atoms with Crippen molar-refractivity contribution in [3.05, 3.63) is 192 Å².